The molecule has 4 rings (SSSR count). The minimum atomic E-state index is -0.548. The smallest absolute Gasteiger partial charge is 0.282 e. The van der Waals surface area contributed by atoms with E-state index >= 15 is 0 Å². The molecule has 1 aliphatic heterocycles. The number of nitro benzene ring substituents is 1. The van der Waals surface area contributed by atoms with Gasteiger partial charge in [-0.15, -0.1) is 0 Å². The molecule has 0 bridgehead atoms. The molecule has 3 aromatic carbocycles. The highest BCUT2D eigenvalue weighted by atomic mass is 16.6. The lowest BCUT2D eigenvalue weighted by molar-refractivity contribution is -0.384. The second kappa shape index (κ2) is 8.99. The molecule has 0 unspecified atom stereocenters. The van der Waals surface area contributed by atoms with Crippen molar-refractivity contribution < 1.29 is 19.3 Å². The first-order valence-electron chi connectivity index (χ1n) is 10.3. The Kier molecular flexibility index (Phi) is 5.92. The Labute approximate surface area is 194 Å². The molecule has 0 fully saturated rings. The molecular weight excluding hydrogens is 436 g/mol. The van der Waals surface area contributed by atoms with Crippen LogP contribution in [0, 0.1) is 17.0 Å². The van der Waals surface area contributed by atoms with E-state index in [4.69, 9.17) is 0 Å². The van der Waals surface area contributed by atoms with E-state index in [-0.39, 0.29) is 22.9 Å². The highest BCUT2D eigenvalue weighted by Crippen LogP contribution is 2.34. The molecule has 0 saturated heterocycles. The molecule has 3 aromatic rings. The summed E-state index contributed by atoms with van der Waals surface area (Å²) >= 11 is 0. The zero-order chi connectivity index (χ0) is 24.4. The first-order valence-corrected chi connectivity index (χ1v) is 10.3. The van der Waals surface area contributed by atoms with Crippen molar-refractivity contribution in [1.82, 2.24) is 0 Å². The average molecular weight is 456 g/mol. The van der Waals surface area contributed by atoms with Gasteiger partial charge in [0.05, 0.1) is 16.2 Å². The number of nitrogens with one attached hydrogen (secondary N) is 2. The van der Waals surface area contributed by atoms with Crippen LogP contribution in [-0.2, 0) is 14.4 Å². The largest absolute Gasteiger partial charge is 0.350 e. The Balaban J connectivity index is 1.75. The summed E-state index contributed by atoms with van der Waals surface area (Å²) in [7, 11) is 0. The zero-order valence-corrected chi connectivity index (χ0v) is 18.4. The van der Waals surface area contributed by atoms with Gasteiger partial charge in [-0.3, -0.25) is 24.5 Å². The number of nitrogens with zero attached hydrogens (tertiary/aromatic N) is 2. The first-order chi connectivity index (χ1) is 16.2. The SMILES string of the molecule is CC(=O)Nc1ccc(NC2=C(c3ccc([N+](=O)[O-])cc3)C(=O)N(c3ccc(C)cc3)C2=O)cc1. The molecule has 0 atom stereocenters. The van der Waals surface area contributed by atoms with Crippen LogP contribution in [0.4, 0.5) is 22.7 Å². The zero-order valence-electron chi connectivity index (χ0n) is 18.4. The van der Waals surface area contributed by atoms with Crippen molar-refractivity contribution in [3.8, 4) is 0 Å². The molecule has 0 saturated carbocycles. The molecule has 170 valence electrons. The van der Waals surface area contributed by atoms with Crippen LogP contribution in [0.2, 0.25) is 0 Å². The summed E-state index contributed by atoms with van der Waals surface area (Å²) in [5, 5.41) is 16.7. The molecule has 3 amide bonds. The monoisotopic (exact) mass is 456 g/mol. The molecule has 1 heterocycles. The maximum Gasteiger partial charge on any atom is 0.282 e. The lowest BCUT2D eigenvalue weighted by atomic mass is 10.0. The summed E-state index contributed by atoms with van der Waals surface area (Å²) in [6.45, 7) is 3.30. The summed E-state index contributed by atoms with van der Waals surface area (Å²) in [4.78, 5) is 49.6. The van der Waals surface area contributed by atoms with Crippen LogP contribution in [0.15, 0.2) is 78.5 Å². The van der Waals surface area contributed by atoms with Gasteiger partial charge in [-0.1, -0.05) is 17.7 Å². The van der Waals surface area contributed by atoms with Crippen molar-refractivity contribution in [2.24, 2.45) is 0 Å². The van der Waals surface area contributed by atoms with Crippen LogP contribution in [0.3, 0.4) is 0 Å². The predicted octanol–water partition coefficient (Wildman–Crippen LogP) is 4.26. The van der Waals surface area contributed by atoms with Gasteiger partial charge in [0.15, 0.2) is 0 Å². The van der Waals surface area contributed by atoms with Gasteiger partial charge in [0, 0.05) is 30.4 Å². The Morgan fingerprint density at radius 3 is 2.00 bits per heavy atom. The lowest BCUT2D eigenvalue weighted by Crippen LogP contribution is -2.32. The quantitative estimate of drug-likeness (QED) is 0.325. The van der Waals surface area contributed by atoms with E-state index in [0.717, 1.165) is 10.5 Å². The minimum absolute atomic E-state index is 0.0479. The highest BCUT2D eigenvalue weighted by Gasteiger charge is 2.40. The van der Waals surface area contributed by atoms with Gasteiger partial charge in [-0.05, 0) is 61.0 Å². The summed E-state index contributed by atoms with van der Waals surface area (Å²) < 4.78 is 0. The molecule has 9 heteroatoms. The van der Waals surface area contributed by atoms with Crippen LogP contribution in [-0.4, -0.2) is 22.6 Å². The van der Waals surface area contributed by atoms with E-state index in [0.29, 0.717) is 22.6 Å². The maximum absolute atomic E-state index is 13.4. The number of hydrogen-bond donors (Lipinski definition) is 2. The topological polar surface area (TPSA) is 122 Å². The number of amides is 3. The first kappa shape index (κ1) is 22.4. The number of non-ortho nitro benzene ring substituents is 1. The fourth-order valence-electron chi connectivity index (χ4n) is 3.58. The maximum atomic E-state index is 13.4. The van der Waals surface area contributed by atoms with Crippen molar-refractivity contribution in [2.75, 3.05) is 15.5 Å². The van der Waals surface area contributed by atoms with Crippen LogP contribution < -0.4 is 15.5 Å². The second-order valence-electron chi connectivity index (χ2n) is 7.72. The van der Waals surface area contributed by atoms with E-state index < -0.39 is 16.7 Å². The van der Waals surface area contributed by atoms with Gasteiger partial charge in [0.2, 0.25) is 5.91 Å². The van der Waals surface area contributed by atoms with Crippen molar-refractivity contribution in [1.29, 1.82) is 0 Å². The van der Waals surface area contributed by atoms with Crippen LogP contribution in [0.5, 0.6) is 0 Å². The number of imide groups is 1. The molecule has 9 nitrogen and oxygen atoms in total. The molecule has 0 aliphatic carbocycles. The number of carbonyl (C=O) groups excluding carboxylic acids is 3. The molecule has 34 heavy (non-hydrogen) atoms. The minimum Gasteiger partial charge on any atom is -0.350 e. The van der Waals surface area contributed by atoms with Crippen LogP contribution in [0.1, 0.15) is 18.1 Å². The van der Waals surface area contributed by atoms with Gasteiger partial charge in [0.25, 0.3) is 17.5 Å². The van der Waals surface area contributed by atoms with Crippen LogP contribution >= 0.6 is 0 Å². The van der Waals surface area contributed by atoms with Gasteiger partial charge in [-0.25, -0.2) is 4.90 Å². The average Bonchev–Trinajstić information content (AvgIpc) is 3.05. The summed E-state index contributed by atoms with van der Waals surface area (Å²) in [5.74, 6) is -1.30. The molecular formula is C25H20N4O5. The highest BCUT2D eigenvalue weighted by molar-refractivity contribution is 6.46. The van der Waals surface area contributed by atoms with E-state index in [1.54, 1.807) is 48.5 Å². The number of carbonyl (C=O) groups is 3. The van der Waals surface area contributed by atoms with Crippen molar-refractivity contribution >= 4 is 46.0 Å². The fourth-order valence-corrected chi connectivity index (χ4v) is 3.58. The number of aryl methyl sites for hydroxylation is 1. The van der Waals surface area contributed by atoms with Crippen molar-refractivity contribution in [2.45, 2.75) is 13.8 Å². The number of benzene rings is 3. The molecule has 0 aromatic heterocycles. The standard InChI is InChI=1S/C25H20N4O5/c1-15-3-11-20(12-4-15)28-24(31)22(17-5-13-21(14-6-17)29(33)34)23(25(28)32)27-19-9-7-18(8-10-19)26-16(2)30/h3-14,27H,1-2H3,(H,26,30). The number of anilines is 3. The van der Waals surface area contributed by atoms with E-state index in [9.17, 15) is 24.5 Å². The van der Waals surface area contributed by atoms with Crippen molar-refractivity contribution in [3.63, 3.8) is 0 Å². The Hall–Kier alpha value is -4.79. The predicted molar refractivity (Wildman–Crippen MR) is 128 cm³/mol. The summed E-state index contributed by atoms with van der Waals surface area (Å²) in [6.07, 6.45) is 0. The van der Waals surface area contributed by atoms with Gasteiger partial charge >= 0.3 is 0 Å². The van der Waals surface area contributed by atoms with E-state index in [1.165, 1.54) is 31.2 Å². The third kappa shape index (κ3) is 4.40. The summed E-state index contributed by atoms with van der Waals surface area (Å²) in [6, 6.07) is 19.1. The molecule has 1 aliphatic rings. The lowest BCUT2D eigenvalue weighted by Gasteiger charge is -2.15. The second-order valence-corrected chi connectivity index (χ2v) is 7.72. The van der Waals surface area contributed by atoms with Gasteiger partial charge in [0.1, 0.15) is 5.70 Å². The van der Waals surface area contributed by atoms with E-state index in [1.807, 2.05) is 6.92 Å². The fraction of sp³-hybridized carbons (Fsp3) is 0.0800. The Morgan fingerprint density at radius 2 is 1.44 bits per heavy atom. The van der Waals surface area contributed by atoms with Gasteiger partial charge in [-0.2, -0.15) is 0 Å². The Bertz CT molecular complexity index is 1330. The molecule has 2 N–H and O–H groups in total. The van der Waals surface area contributed by atoms with Crippen LogP contribution in [0.25, 0.3) is 5.57 Å². The third-order valence-corrected chi connectivity index (χ3v) is 5.22. The number of rotatable bonds is 6. The number of nitro groups is 1. The van der Waals surface area contributed by atoms with Gasteiger partial charge < -0.3 is 10.6 Å². The van der Waals surface area contributed by atoms with E-state index in [2.05, 4.69) is 10.6 Å². The number of hydrogen-bond acceptors (Lipinski definition) is 6. The Morgan fingerprint density at radius 1 is 0.853 bits per heavy atom. The summed E-state index contributed by atoms with van der Waals surface area (Å²) in [5.41, 5.74) is 2.89. The third-order valence-electron chi connectivity index (χ3n) is 5.22. The van der Waals surface area contributed by atoms with Crippen molar-refractivity contribution in [3.05, 3.63) is 99.7 Å². The molecule has 0 radical (unpaired) electrons. The molecule has 0 spiro atoms. The normalized spacial score (nSPS) is 13.3.